The van der Waals surface area contributed by atoms with Gasteiger partial charge >= 0.3 is 0 Å². The second-order valence-electron chi connectivity index (χ2n) is 5.76. The second-order valence-corrected chi connectivity index (χ2v) is 5.76. The number of hydrogen-bond acceptors (Lipinski definition) is 2. The van der Waals surface area contributed by atoms with E-state index in [4.69, 9.17) is 0 Å². The number of benzene rings is 2. The van der Waals surface area contributed by atoms with Gasteiger partial charge in [0.2, 0.25) is 5.91 Å². The van der Waals surface area contributed by atoms with E-state index in [1.54, 1.807) is 0 Å². The lowest BCUT2D eigenvalue weighted by molar-refractivity contribution is -0.120. The summed E-state index contributed by atoms with van der Waals surface area (Å²) in [5.74, 6) is 0.0251. The summed E-state index contributed by atoms with van der Waals surface area (Å²) in [6.45, 7) is 4.59. The van der Waals surface area contributed by atoms with Gasteiger partial charge in [0.05, 0.1) is 11.9 Å². The Balaban J connectivity index is 1.77. The fraction of sp³-hybridized carbons (Fsp3) is 0.200. The predicted octanol–water partition coefficient (Wildman–Crippen LogP) is 3.71. The Bertz CT molecular complexity index is 841. The number of pyridine rings is 1. The van der Waals surface area contributed by atoms with Gasteiger partial charge < -0.3 is 5.32 Å². The van der Waals surface area contributed by atoms with Crippen molar-refractivity contribution in [3.05, 3.63) is 77.0 Å². The van der Waals surface area contributed by atoms with Gasteiger partial charge in [-0.25, -0.2) is 0 Å². The van der Waals surface area contributed by atoms with Crippen LogP contribution in [-0.4, -0.2) is 10.9 Å². The predicted molar refractivity (Wildman–Crippen MR) is 93.2 cm³/mol. The van der Waals surface area contributed by atoms with Gasteiger partial charge in [-0.3, -0.25) is 9.78 Å². The quantitative estimate of drug-likeness (QED) is 0.798. The highest BCUT2D eigenvalue weighted by Crippen LogP contribution is 2.22. The third kappa shape index (κ3) is 3.39. The molecule has 116 valence electrons. The average molecular weight is 304 g/mol. The smallest absolute Gasteiger partial charge is 0.224 e. The van der Waals surface area contributed by atoms with Crippen LogP contribution in [0.5, 0.6) is 0 Å². The molecule has 3 rings (SSSR count). The second kappa shape index (κ2) is 6.61. The third-order valence-corrected chi connectivity index (χ3v) is 4.16. The maximum Gasteiger partial charge on any atom is 0.224 e. The fourth-order valence-corrected chi connectivity index (χ4v) is 2.85. The first kappa shape index (κ1) is 15.2. The molecular formula is C20H20N2O. The van der Waals surface area contributed by atoms with Crippen molar-refractivity contribution in [2.24, 2.45) is 0 Å². The molecule has 3 nitrogen and oxygen atoms in total. The fourth-order valence-electron chi connectivity index (χ4n) is 2.85. The van der Waals surface area contributed by atoms with Crippen molar-refractivity contribution in [2.75, 3.05) is 0 Å². The standard InChI is InChI=1S/C20H20N2O/c1-14-17-10-6-7-11-19(17)22-15(2)18(14)12-20(23)21-13-16-8-4-3-5-9-16/h3-11H,12-13H2,1-2H3,(H,21,23). The number of fused-ring (bicyclic) bond motifs is 1. The van der Waals surface area contributed by atoms with E-state index >= 15 is 0 Å². The number of para-hydroxylation sites is 1. The van der Waals surface area contributed by atoms with E-state index in [1.165, 1.54) is 0 Å². The van der Waals surface area contributed by atoms with Crippen molar-refractivity contribution >= 4 is 16.8 Å². The number of carbonyl (C=O) groups excluding carboxylic acids is 1. The van der Waals surface area contributed by atoms with E-state index in [1.807, 2.05) is 55.5 Å². The van der Waals surface area contributed by atoms with Gasteiger partial charge in [0.1, 0.15) is 0 Å². The van der Waals surface area contributed by atoms with Gasteiger partial charge in [0.25, 0.3) is 0 Å². The average Bonchev–Trinajstić information content (AvgIpc) is 2.58. The Morgan fingerprint density at radius 3 is 2.48 bits per heavy atom. The minimum atomic E-state index is 0.0251. The van der Waals surface area contributed by atoms with Crippen molar-refractivity contribution in [1.29, 1.82) is 0 Å². The molecule has 0 spiro atoms. The Kier molecular flexibility index (Phi) is 4.38. The van der Waals surface area contributed by atoms with Gasteiger partial charge in [0.15, 0.2) is 0 Å². The van der Waals surface area contributed by atoms with Crippen LogP contribution < -0.4 is 5.32 Å². The summed E-state index contributed by atoms with van der Waals surface area (Å²) < 4.78 is 0. The summed E-state index contributed by atoms with van der Waals surface area (Å²) in [5, 5.41) is 4.10. The Morgan fingerprint density at radius 1 is 1.00 bits per heavy atom. The SMILES string of the molecule is Cc1nc2ccccc2c(C)c1CC(=O)NCc1ccccc1. The molecule has 0 aliphatic rings. The number of hydrogen-bond donors (Lipinski definition) is 1. The van der Waals surface area contributed by atoms with Gasteiger partial charge in [-0.1, -0.05) is 48.5 Å². The molecule has 1 amide bonds. The van der Waals surface area contributed by atoms with Crippen LogP contribution in [0.15, 0.2) is 54.6 Å². The first-order valence-corrected chi connectivity index (χ1v) is 7.80. The number of aromatic nitrogens is 1. The van der Waals surface area contributed by atoms with Crippen LogP contribution in [-0.2, 0) is 17.8 Å². The molecule has 0 aliphatic carbocycles. The van der Waals surface area contributed by atoms with Crippen molar-refractivity contribution in [3.8, 4) is 0 Å². The van der Waals surface area contributed by atoms with E-state index < -0.39 is 0 Å². The molecule has 1 aromatic heterocycles. The summed E-state index contributed by atoms with van der Waals surface area (Å²) >= 11 is 0. The highest BCUT2D eigenvalue weighted by atomic mass is 16.1. The number of carbonyl (C=O) groups is 1. The molecule has 0 fully saturated rings. The topological polar surface area (TPSA) is 42.0 Å². The number of nitrogens with one attached hydrogen (secondary N) is 1. The van der Waals surface area contributed by atoms with Crippen LogP contribution in [0, 0.1) is 13.8 Å². The first-order valence-electron chi connectivity index (χ1n) is 7.80. The van der Waals surface area contributed by atoms with Gasteiger partial charge in [0, 0.05) is 17.6 Å². The molecule has 0 aliphatic heterocycles. The van der Waals surface area contributed by atoms with Crippen molar-refractivity contribution < 1.29 is 4.79 Å². The molecule has 23 heavy (non-hydrogen) atoms. The van der Waals surface area contributed by atoms with Crippen LogP contribution in [0.3, 0.4) is 0 Å². The minimum Gasteiger partial charge on any atom is -0.352 e. The lowest BCUT2D eigenvalue weighted by Gasteiger charge is -2.12. The zero-order valence-corrected chi connectivity index (χ0v) is 13.5. The van der Waals surface area contributed by atoms with Crippen LogP contribution in [0.25, 0.3) is 10.9 Å². The highest BCUT2D eigenvalue weighted by molar-refractivity contribution is 5.86. The molecule has 3 aromatic rings. The van der Waals surface area contributed by atoms with Crippen LogP contribution in [0.4, 0.5) is 0 Å². The highest BCUT2D eigenvalue weighted by Gasteiger charge is 2.12. The van der Waals surface area contributed by atoms with E-state index in [-0.39, 0.29) is 5.91 Å². The molecule has 0 saturated carbocycles. The molecule has 1 heterocycles. The molecular weight excluding hydrogens is 284 g/mol. The largest absolute Gasteiger partial charge is 0.352 e. The zero-order chi connectivity index (χ0) is 16.2. The molecule has 1 N–H and O–H groups in total. The van der Waals surface area contributed by atoms with Crippen LogP contribution in [0.2, 0.25) is 0 Å². The Morgan fingerprint density at radius 2 is 1.70 bits per heavy atom. The maximum absolute atomic E-state index is 12.3. The van der Waals surface area contributed by atoms with Gasteiger partial charge in [-0.15, -0.1) is 0 Å². The van der Waals surface area contributed by atoms with E-state index in [0.29, 0.717) is 13.0 Å². The zero-order valence-electron chi connectivity index (χ0n) is 13.5. The van der Waals surface area contributed by atoms with Crippen LogP contribution >= 0.6 is 0 Å². The summed E-state index contributed by atoms with van der Waals surface area (Å²) in [6, 6.07) is 18.0. The van der Waals surface area contributed by atoms with Gasteiger partial charge in [-0.2, -0.15) is 0 Å². The monoisotopic (exact) mass is 304 g/mol. The maximum atomic E-state index is 12.3. The molecule has 0 atom stereocenters. The third-order valence-electron chi connectivity index (χ3n) is 4.16. The van der Waals surface area contributed by atoms with Crippen molar-refractivity contribution in [2.45, 2.75) is 26.8 Å². The van der Waals surface area contributed by atoms with E-state index in [2.05, 4.69) is 23.3 Å². The molecule has 3 heteroatoms. The summed E-state index contributed by atoms with van der Waals surface area (Å²) in [5.41, 5.74) is 5.18. The molecule has 0 radical (unpaired) electrons. The molecule has 2 aromatic carbocycles. The Hall–Kier alpha value is -2.68. The number of rotatable bonds is 4. The lowest BCUT2D eigenvalue weighted by atomic mass is 9.99. The first-order chi connectivity index (χ1) is 11.1. The summed E-state index contributed by atoms with van der Waals surface area (Å²) in [7, 11) is 0. The van der Waals surface area contributed by atoms with Gasteiger partial charge in [-0.05, 0) is 36.6 Å². The van der Waals surface area contributed by atoms with E-state index in [0.717, 1.165) is 33.3 Å². The van der Waals surface area contributed by atoms with Crippen molar-refractivity contribution in [3.63, 3.8) is 0 Å². The normalized spacial score (nSPS) is 10.7. The number of amides is 1. The van der Waals surface area contributed by atoms with E-state index in [9.17, 15) is 4.79 Å². The molecule has 0 unspecified atom stereocenters. The lowest BCUT2D eigenvalue weighted by Crippen LogP contribution is -2.25. The Labute approximate surface area is 136 Å². The number of aryl methyl sites for hydroxylation is 2. The summed E-state index contributed by atoms with van der Waals surface area (Å²) in [4.78, 5) is 16.9. The van der Waals surface area contributed by atoms with Crippen molar-refractivity contribution in [1.82, 2.24) is 10.3 Å². The molecule has 0 saturated heterocycles. The number of nitrogens with zero attached hydrogens (tertiary/aromatic N) is 1. The summed E-state index contributed by atoms with van der Waals surface area (Å²) in [6.07, 6.45) is 0.363. The van der Waals surface area contributed by atoms with Crippen LogP contribution in [0.1, 0.15) is 22.4 Å². The minimum absolute atomic E-state index is 0.0251. The molecule has 0 bridgehead atoms.